The quantitative estimate of drug-likeness (QED) is 0.610. The van der Waals surface area contributed by atoms with Crippen molar-refractivity contribution in [1.82, 2.24) is 9.88 Å². The average molecular weight is 385 g/mol. The molecule has 1 aliphatic heterocycles. The van der Waals surface area contributed by atoms with E-state index < -0.39 is 0 Å². The van der Waals surface area contributed by atoms with Gasteiger partial charge in [-0.1, -0.05) is 30.3 Å². The monoisotopic (exact) mass is 384 g/mol. The summed E-state index contributed by atoms with van der Waals surface area (Å²) in [6.07, 6.45) is 3.86. The normalized spacial score (nSPS) is 14.7. The van der Waals surface area contributed by atoms with Crippen molar-refractivity contribution in [3.05, 3.63) is 60.3 Å². The molecular formula is C20H24N4O2S. The van der Waals surface area contributed by atoms with Crippen LogP contribution in [0.5, 0.6) is 5.88 Å². The predicted octanol–water partition coefficient (Wildman–Crippen LogP) is 2.78. The van der Waals surface area contributed by atoms with Crippen molar-refractivity contribution < 1.29 is 9.53 Å². The van der Waals surface area contributed by atoms with Crippen LogP contribution in [-0.2, 0) is 4.79 Å². The largest absolute Gasteiger partial charge is 0.481 e. The number of rotatable bonds is 6. The lowest BCUT2D eigenvalue weighted by Crippen LogP contribution is -2.37. The van der Waals surface area contributed by atoms with Crippen molar-refractivity contribution in [3.8, 4) is 5.88 Å². The summed E-state index contributed by atoms with van der Waals surface area (Å²) in [5.74, 6) is 9.04. The van der Waals surface area contributed by atoms with Crippen LogP contribution in [0, 0.1) is 0 Å². The van der Waals surface area contributed by atoms with Crippen LogP contribution >= 0.6 is 11.8 Å². The van der Waals surface area contributed by atoms with Crippen molar-refractivity contribution in [1.29, 1.82) is 0 Å². The van der Waals surface area contributed by atoms with Crippen molar-refractivity contribution in [2.24, 2.45) is 5.84 Å². The molecule has 142 valence electrons. The molecule has 0 atom stereocenters. The second-order valence-corrected chi connectivity index (χ2v) is 7.31. The summed E-state index contributed by atoms with van der Waals surface area (Å²) in [7, 11) is 1.57. The first-order valence-electron chi connectivity index (χ1n) is 8.85. The van der Waals surface area contributed by atoms with Gasteiger partial charge >= 0.3 is 0 Å². The zero-order chi connectivity index (χ0) is 19.1. The Morgan fingerprint density at radius 1 is 1.26 bits per heavy atom. The van der Waals surface area contributed by atoms with E-state index in [-0.39, 0.29) is 5.91 Å². The van der Waals surface area contributed by atoms with Crippen LogP contribution in [0.15, 0.2) is 54.7 Å². The van der Waals surface area contributed by atoms with Gasteiger partial charge in [0.1, 0.15) is 0 Å². The van der Waals surface area contributed by atoms with E-state index in [2.05, 4.69) is 4.98 Å². The van der Waals surface area contributed by atoms with Crippen LogP contribution in [0.1, 0.15) is 12.0 Å². The molecule has 1 saturated heterocycles. The third-order valence-electron chi connectivity index (χ3n) is 4.37. The highest BCUT2D eigenvalue weighted by molar-refractivity contribution is 7.99. The summed E-state index contributed by atoms with van der Waals surface area (Å²) < 4.78 is 5.10. The summed E-state index contributed by atoms with van der Waals surface area (Å²) in [5, 5.41) is 1.56. The number of thioether (sulfide) groups is 1. The van der Waals surface area contributed by atoms with Crippen LogP contribution in [-0.4, -0.2) is 47.5 Å². The first-order valence-corrected chi connectivity index (χ1v) is 10.0. The molecule has 0 aliphatic carbocycles. The van der Waals surface area contributed by atoms with Gasteiger partial charge in [0.25, 0.3) is 0 Å². The van der Waals surface area contributed by atoms with Crippen LogP contribution in [0.2, 0.25) is 0 Å². The summed E-state index contributed by atoms with van der Waals surface area (Å²) in [4.78, 5) is 18.7. The number of pyridine rings is 1. The molecule has 2 aromatic rings. The molecule has 2 heterocycles. The molecule has 1 fully saturated rings. The summed E-state index contributed by atoms with van der Waals surface area (Å²) in [5.41, 5.74) is 2.42. The van der Waals surface area contributed by atoms with Crippen molar-refractivity contribution in [2.75, 3.05) is 36.7 Å². The highest BCUT2D eigenvalue weighted by atomic mass is 32.2. The van der Waals surface area contributed by atoms with Gasteiger partial charge in [0.2, 0.25) is 11.8 Å². The molecule has 6 nitrogen and oxygen atoms in total. The van der Waals surface area contributed by atoms with Gasteiger partial charge in [-0.05, 0) is 17.7 Å². The topological polar surface area (TPSA) is 71.7 Å². The molecule has 0 radical (unpaired) electrons. The molecule has 2 N–H and O–H groups in total. The predicted molar refractivity (Wildman–Crippen MR) is 110 cm³/mol. The van der Waals surface area contributed by atoms with Crippen LogP contribution in [0.3, 0.4) is 0 Å². The van der Waals surface area contributed by atoms with Crippen molar-refractivity contribution in [2.45, 2.75) is 6.42 Å². The number of benzene rings is 1. The minimum absolute atomic E-state index is 0.130. The molecule has 3 rings (SSSR count). The number of carbonyl (C=O) groups excluding carboxylic acids is 1. The minimum atomic E-state index is 0.130. The third-order valence-corrected chi connectivity index (χ3v) is 5.31. The Labute approximate surface area is 164 Å². The first-order chi connectivity index (χ1) is 13.2. The minimum Gasteiger partial charge on any atom is -0.481 e. The van der Waals surface area contributed by atoms with E-state index in [1.165, 1.54) is 0 Å². The fourth-order valence-electron chi connectivity index (χ4n) is 2.86. The maximum atomic E-state index is 12.6. The lowest BCUT2D eigenvalue weighted by Gasteiger charge is -2.27. The number of hydrazine groups is 1. The van der Waals surface area contributed by atoms with Gasteiger partial charge in [-0.3, -0.25) is 9.80 Å². The number of nitrogens with zero attached hydrogens (tertiary/aromatic N) is 3. The van der Waals surface area contributed by atoms with Gasteiger partial charge in [0.05, 0.1) is 24.7 Å². The first kappa shape index (κ1) is 19.3. The number of ether oxygens (including phenoxy) is 1. The van der Waals surface area contributed by atoms with E-state index >= 15 is 0 Å². The van der Waals surface area contributed by atoms with Gasteiger partial charge in [-0.25, -0.2) is 10.8 Å². The van der Waals surface area contributed by atoms with E-state index in [1.54, 1.807) is 24.4 Å². The lowest BCUT2D eigenvalue weighted by atomic mass is 10.1. The molecule has 1 aromatic heterocycles. The maximum Gasteiger partial charge on any atom is 0.226 e. The second-order valence-electron chi connectivity index (χ2n) is 6.08. The van der Waals surface area contributed by atoms with Gasteiger partial charge in [0.15, 0.2) is 0 Å². The summed E-state index contributed by atoms with van der Waals surface area (Å²) in [6, 6.07) is 13.4. The van der Waals surface area contributed by atoms with Gasteiger partial charge < -0.3 is 9.64 Å². The number of hydrogen-bond donors (Lipinski definition) is 1. The van der Waals surface area contributed by atoms with Crippen LogP contribution in [0.25, 0.3) is 5.70 Å². The van der Waals surface area contributed by atoms with E-state index in [9.17, 15) is 4.79 Å². The Balaban J connectivity index is 1.82. The number of methoxy groups -OCH3 is 1. The maximum absolute atomic E-state index is 12.6. The van der Waals surface area contributed by atoms with E-state index in [1.807, 2.05) is 59.1 Å². The standard InChI is InChI=1S/C20H24N4O2S/c1-26-19-9-7-17(15-22-19)24(21)18(16-5-3-2-4-6-16)8-10-20(25)23-11-13-27-14-12-23/h2-9,15H,10-14,21H2,1H3/b18-8-. The van der Waals surface area contributed by atoms with Gasteiger partial charge in [-0.2, -0.15) is 11.8 Å². The number of hydrogen-bond acceptors (Lipinski definition) is 6. The Morgan fingerprint density at radius 3 is 2.63 bits per heavy atom. The number of anilines is 1. The molecule has 1 amide bonds. The van der Waals surface area contributed by atoms with E-state index in [0.29, 0.717) is 18.0 Å². The van der Waals surface area contributed by atoms with Crippen LogP contribution < -0.4 is 15.6 Å². The fourth-order valence-corrected chi connectivity index (χ4v) is 3.77. The Morgan fingerprint density at radius 2 is 2.00 bits per heavy atom. The van der Waals surface area contributed by atoms with Gasteiger partial charge in [0, 0.05) is 37.1 Å². The molecular weight excluding hydrogens is 360 g/mol. The summed E-state index contributed by atoms with van der Waals surface area (Å²) in [6.45, 7) is 1.62. The molecule has 27 heavy (non-hydrogen) atoms. The zero-order valence-electron chi connectivity index (χ0n) is 15.4. The van der Waals surface area contributed by atoms with Crippen molar-refractivity contribution >= 4 is 29.1 Å². The van der Waals surface area contributed by atoms with E-state index in [4.69, 9.17) is 10.6 Å². The Kier molecular flexibility index (Phi) is 6.73. The second kappa shape index (κ2) is 9.43. The fraction of sp³-hybridized carbons (Fsp3) is 0.300. The lowest BCUT2D eigenvalue weighted by molar-refractivity contribution is -0.129. The SMILES string of the molecule is COc1ccc(N(N)/C(=C\CC(=O)N2CCSCC2)c2ccccc2)cn1. The third kappa shape index (κ3) is 5.02. The Hall–Kier alpha value is -2.51. The average Bonchev–Trinajstić information content (AvgIpc) is 2.75. The van der Waals surface area contributed by atoms with E-state index in [0.717, 1.165) is 35.9 Å². The molecule has 0 bridgehead atoms. The number of aromatic nitrogens is 1. The molecule has 0 spiro atoms. The highest BCUT2D eigenvalue weighted by Gasteiger charge is 2.17. The highest BCUT2D eigenvalue weighted by Crippen LogP contribution is 2.24. The van der Waals surface area contributed by atoms with Gasteiger partial charge in [-0.15, -0.1) is 0 Å². The number of nitrogens with two attached hydrogens (primary N) is 1. The number of carbonyl (C=O) groups is 1. The van der Waals surface area contributed by atoms with Crippen LogP contribution in [0.4, 0.5) is 5.69 Å². The zero-order valence-corrected chi connectivity index (χ0v) is 16.2. The molecule has 7 heteroatoms. The van der Waals surface area contributed by atoms with Crippen molar-refractivity contribution in [3.63, 3.8) is 0 Å². The molecule has 1 aliphatic rings. The Bertz CT molecular complexity index is 774. The molecule has 0 saturated carbocycles. The molecule has 0 unspecified atom stereocenters. The molecule has 1 aromatic carbocycles. The number of amides is 1. The summed E-state index contributed by atoms with van der Waals surface area (Å²) >= 11 is 1.89. The smallest absolute Gasteiger partial charge is 0.226 e.